The Morgan fingerprint density at radius 3 is 1.58 bits per heavy atom. The number of hydrogen-bond donors (Lipinski definition) is 5. The minimum Gasteiger partial charge on any atom is -0.359 e. The van der Waals surface area contributed by atoms with Gasteiger partial charge in [0.1, 0.15) is 0 Å². The van der Waals surface area contributed by atoms with Gasteiger partial charge in [-0.25, -0.2) is 0 Å². The molecule has 0 bridgehead atoms. The lowest BCUT2D eigenvalue weighted by molar-refractivity contribution is 0.335. The van der Waals surface area contributed by atoms with E-state index in [4.69, 9.17) is 19.6 Å². The SMILES string of the molecule is O=P(O)(O)C(NC=S)P(=O)(O)O. The molecule has 0 amide bonds. The molecule has 0 aromatic carbocycles. The van der Waals surface area contributed by atoms with Gasteiger partial charge in [0.25, 0.3) is 0 Å². The molecule has 0 aliphatic carbocycles. The van der Waals surface area contributed by atoms with Gasteiger partial charge in [-0.3, -0.25) is 9.13 Å². The lowest BCUT2D eigenvalue weighted by Crippen LogP contribution is -2.26. The third-order valence-corrected chi connectivity index (χ3v) is 4.37. The smallest absolute Gasteiger partial charge is 0.359 e. The summed E-state index contributed by atoms with van der Waals surface area (Å²) in [5.74, 6) is 0. The summed E-state index contributed by atoms with van der Waals surface area (Å²) in [6, 6.07) is 0. The van der Waals surface area contributed by atoms with E-state index in [0.717, 1.165) is 0 Å². The maximum atomic E-state index is 10.4. The number of thiocarbonyl (C=S) groups is 1. The predicted molar refractivity (Wildman–Crippen MR) is 44.7 cm³/mol. The Labute approximate surface area is 73.1 Å². The predicted octanol–water partition coefficient (Wildman–Crippen LogP) is -0.828. The lowest BCUT2D eigenvalue weighted by atomic mass is 11.2. The highest BCUT2D eigenvalue weighted by molar-refractivity contribution is 7.79. The first-order chi connectivity index (χ1) is 5.19. The Kier molecular flexibility index (Phi) is 3.99. The van der Waals surface area contributed by atoms with Gasteiger partial charge in [-0.15, -0.1) is 0 Å². The Morgan fingerprint density at radius 2 is 1.50 bits per heavy atom. The Balaban J connectivity index is 4.81. The van der Waals surface area contributed by atoms with Crippen LogP contribution in [0.2, 0.25) is 0 Å². The molecule has 0 radical (unpaired) electrons. The van der Waals surface area contributed by atoms with Crippen LogP contribution in [0.4, 0.5) is 0 Å². The second kappa shape index (κ2) is 3.93. The quantitative estimate of drug-likeness (QED) is 0.315. The third-order valence-electron chi connectivity index (χ3n) is 0.854. The van der Waals surface area contributed by atoms with Gasteiger partial charge < -0.3 is 24.9 Å². The second-order valence-electron chi connectivity index (χ2n) is 1.84. The van der Waals surface area contributed by atoms with Crippen molar-refractivity contribution < 1.29 is 28.7 Å². The minimum absolute atomic E-state index is 0.642. The number of rotatable bonds is 4. The molecule has 72 valence electrons. The van der Waals surface area contributed by atoms with Crippen molar-refractivity contribution in [3.63, 3.8) is 0 Å². The average molecular weight is 235 g/mol. The van der Waals surface area contributed by atoms with Gasteiger partial charge >= 0.3 is 15.2 Å². The average Bonchev–Trinajstić information content (AvgIpc) is 1.77. The van der Waals surface area contributed by atoms with E-state index < -0.39 is 20.7 Å². The van der Waals surface area contributed by atoms with Crippen LogP contribution in [-0.4, -0.2) is 30.6 Å². The van der Waals surface area contributed by atoms with Crippen molar-refractivity contribution >= 4 is 32.9 Å². The number of hydrogen-bond acceptors (Lipinski definition) is 3. The van der Waals surface area contributed by atoms with E-state index in [1.807, 2.05) is 0 Å². The van der Waals surface area contributed by atoms with Crippen LogP contribution < -0.4 is 5.32 Å². The highest BCUT2D eigenvalue weighted by atomic mass is 32.1. The molecule has 0 unspecified atom stereocenters. The van der Waals surface area contributed by atoms with Crippen molar-refractivity contribution in [3.05, 3.63) is 0 Å². The van der Waals surface area contributed by atoms with Gasteiger partial charge in [0.2, 0.25) is 5.52 Å². The monoisotopic (exact) mass is 235 g/mol. The largest absolute Gasteiger partial charge is 0.360 e. The van der Waals surface area contributed by atoms with Crippen LogP contribution in [0.5, 0.6) is 0 Å². The standard InChI is InChI=1S/C2H7NO6P2S/c4-10(5,6)2(3-1-12)11(7,8)9/h1-2H,(H,3,12)(H2,4,5,6)(H2,7,8,9). The fraction of sp³-hybridized carbons (Fsp3) is 0.500. The summed E-state index contributed by atoms with van der Waals surface area (Å²) < 4.78 is 20.9. The Bertz CT molecular complexity index is 232. The van der Waals surface area contributed by atoms with E-state index in [2.05, 4.69) is 12.2 Å². The molecule has 0 spiro atoms. The van der Waals surface area contributed by atoms with E-state index in [1.54, 1.807) is 5.32 Å². The fourth-order valence-corrected chi connectivity index (χ4v) is 2.89. The van der Waals surface area contributed by atoms with Crippen LogP contribution in [-0.2, 0) is 9.13 Å². The maximum Gasteiger partial charge on any atom is 0.360 e. The minimum atomic E-state index is -4.89. The third kappa shape index (κ3) is 3.73. The van der Waals surface area contributed by atoms with Crippen LogP contribution in [0.15, 0.2) is 0 Å². The van der Waals surface area contributed by atoms with E-state index in [-0.39, 0.29) is 0 Å². The molecule has 0 aromatic rings. The zero-order chi connectivity index (χ0) is 9.99. The van der Waals surface area contributed by atoms with Gasteiger partial charge in [-0.05, 0) is 0 Å². The molecule has 0 aliphatic heterocycles. The summed E-state index contributed by atoms with van der Waals surface area (Å²) in [7, 11) is -9.77. The van der Waals surface area contributed by atoms with Crippen molar-refractivity contribution in [1.29, 1.82) is 0 Å². The molecule has 0 atom stereocenters. The second-order valence-corrected chi connectivity index (χ2v) is 5.87. The number of nitrogens with one attached hydrogen (secondary N) is 1. The van der Waals surface area contributed by atoms with Crippen molar-refractivity contribution in [2.75, 3.05) is 0 Å². The van der Waals surface area contributed by atoms with E-state index in [1.165, 1.54) is 0 Å². The molecule has 0 saturated carbocycles. The molecule has 12 heavy (non-hydrogen) atoms. The molecule has 0 aromatic heterocycles. The van der Waals surface area contributed by atoms with Gasteiger partial charge in [0.15, 0.2) is 0 Å². The topological polar surface area (TPSA) is 127 Å². The molecule has 5 N–H and O–H groups in total. The van der Waals surface area contributed by atoms with Gasteiger partial charge in [-0.2, -0.15) is 0 Å². The van der Waals surface area contributed by atoms with Gasteiger partial charge in [0.05, 0.1) is 5.49 Å². The molecule has 7 nitrogen and oxygen atoms in total. The first-order valence-electron chi connectivity index (χ1n) is 2.49. The van der Waals surface area contributed by atoms with Crippen LogP contribution in [0, 0.1) is 0 Å². The van der Waals surface area contributed by atoms with Crippen molar-refractivity contribution in [3.8, 4) is 0 Å². The van der Waals surface area contributed by atoms with Crippen LogP contribution in [0.25, 0.3) is 0 Å². The normalized spacial score (nSPS) is 13.1. The highest BCUT2D eigenvalue weighted by Crippen LogP contribution is 2.57. The van der Waals surface area contributed by atoms with Crippen molar-refractivity contribution in [2.45, 2.75) is 5.52 Å². The highest BCUT2D eigenvalue weighted by Gasteiger charge is 2.42. The molecule has 0 rings (SSSR count). The van der Waals surface area contributed by atoms with Crippen LogP contribution in [0.3, 0.4) is 0 Å². The van der Waals surface area contributed by atoms with E-state index in [9.17, 15) is 9.13 Å². The first kappa shape index (κ1) is 12.2. The Morgan fingerprint density at radius 1 is 1.17 bits per heavy atom. The molecular weight excluding hydrogens is 228 g/mol. The summed E-state index contributed by atoms with van der Waals surface area (Å²) >= 11 is 4.14. The zero-order valence-corrected chi connectivity index (χ0v) is 8.17. The van der Waals surface area contributed by atoms with E-state index >= 15 is 0 Å². The van der Waals surface area contributed by atoms with Gasteiger partial charge in [0, 0.05) is 0 Å². The molecule has 0 aliphatic rings. The van der Waals surface area contributed by atoms with Crippen LogP contribution in [0.1, 0.15) is 0 Å². The maximum absolute atomic E-state index is 10.4. The molecule has 10 heteroatoms. The molecule has 0 saturated heterocycles. The van der Waals surface area contributed by atoms with Crippen molar-refractivity contribution in [1.82, 2.24) is 5.32 Å². The molecule has 0 fully saturated rings. The fourth-order valence-electron chi connectivity index (χ4n) is 0.451. The summed E-state index contributed by atoms with van der Waals surface area (Å²) in [4.78, 5) is 33.7. The van der Waals surface area contributed by atoms with Crippen LogP contribution >= 0.6 is 27.4 Å². The lowest BCUT2D eigenvalue weighted by Gasteiger charge is -2.18. The first-order valence-corrected chi connectivity index (χ1v) is 6.33. The zero-order valence-electron chi connectivity index (χ0n) is 5.56. The molecule has 0 heterocycles. The summed E-state index contributed by atoms with van der Waals surface area (Å²) in [5.41, 5.74) is -1.61. The Hall–Kier alpha value is 0.190. The summed E-state index contributed by atoms with van der Waals surface area (Å²) in [6.07, 6.45) is 0. The van der Waals surface area contributed by atoms with Gasteiger partial charge in [-0.1, -0.05) is 12.2 Å². The van der Waals surface area contributed by atoms with E-state index in [0.29, 0.717) is 5.49 Å². The summed E-state index contributed by atoms with van der Waals surface area (Å²) in [6.45, 7) is 0. The van der Waals surface area contributed by atoms with Crippen molar-refractivity contribution in [2.24, 2.45) is 0 Å². The summed E-state index contributed by atoms with van der Waals surface area (Å²) in [5, 5.41) is 1.73. The molecular formula is C2H7NO6P2S.